The molecule has 1 aliphatic carbocycles. The molecule has 1 atom stereocenters. The number of aliphatic carboxylic acids is 1. The first kappa shape index (κ1) is 21.5. The molecular weight excluding hydrogens is 463 g/mol. The molecule has 0 aliphatic heterocycles. The minimum Gasteiger partial charge on any atom is -0.481 e. The Kier molecular flexibility index (Phi) is 5.97. The molecule has 164 valence electrons. The average molecular weight is 485 g/mol. The van der Waals surface area contributed by atoms with E-state index in [0.29, 0.717) is 35.2 Å². The summed E-state index contributed by atoms with van der Waals surface area (Å²) in [6.45, 7) is 0. The number of benzene rings is 2. The lowest BCUT2D eigenvalue weighted by Crippen LogP contribution is -2.17. The van der Waals surface area contributed by atoms with Crippen LogP contribution in [-0.4, -0.2) is 21.0 Å². The fraction of sp³-hybridized carbons (Fsp3) is 0.280. The highest BCUT2D eigenvalue weighted by Gasteiger charge is 2.30. The molecule has 2 heterocycles. The fourth-order valence-electron chi connectivity index (χ4n) is 4.08. The van der Waals surface area contributed by atoms with Crippen LogP contribution >= 0.6 is 34.5 Å². The predicted octanol–water partition coefficient (Wildman–Crippen LogP) is 7.35. The molecule has 1 fully saturated rings. The summed E-state index contributed by atoms with van der Waals surface area (Å²) in [6, 6.07) is 13.7. The van der Waals surface area contributed by atoms with E-state index >= 15 is 0 Å². The van der Waals surface area contributed by atoms with Crippen molar-refractivity contribution in [2.75, 3.05) is 0 Å². The molecule has 2 aromatic heterocycles. The monoisotopic (exact) mass is 484 g/mol. The van der Waals surface area contributed by atoms with Crippen molar-refractivity contribution in [3.8, 4) is 11.3 Å². The van der Waals surface area contributed by atoms with Crippen molar-refractivity contribution in [2.24, 2.45) is 5.92 Å². The van der Waals surface area contributed by atoms with E-state index in [1.54, 1.807) is 17.4 Å². The molecule has 0 spiro atoms. The molecule has 0 amide bonds. The van der Waals surface area contributed by atoms with Gasteiger partial charge in [0, 0.05) is 28.6 Å². The minimum absolute atomic E-state index is 0.451. The van der Waals surface area contributed by atoms with Crippen molar-refractivity contribution < 1.29 is 9.90 Å². The Hall–Kier alpha value is -2.34. The quantitative estimate of drug-likeness (QED) is 0.274. The van der Waals surface area contributed by atoms with Crippen LogP contribution in [0.2, 0.25) is 10.0 Å². The molecule has 7 heteroatoms. The van der Waals surface area contributed by atoms with Gasteiger partial charge in [-0.1, -0.05) is 35.3 Å². The second-order valence-corrected chi connectivity index (χ2v) is 10.3. The van der Waals surface area contributed by atoms with Gasteiger partial charge in [-0.05, 0) is 72.9 Å². The minimum atomic E-state index is -0.761. The zero-order chi connectivity index (χ0) is 22.2. The van der Waals surface area contributed by atoms with Gasteiger partial charge in [-0.15, -0.1) is 11.3 Å². The molecule has 32 heavy (non-hydrogen) atoms. The third-order valence-electron chi connectivity index (χ3n) is 5.99. The van der Waals surface area contributed by atoms with Gasteiger partial charge in [0.15, 0.2) is 0 Å². The number of H-pyrrole nitrogens is 1. The summed E-state index contributed by atoms with van der Waals surface area (Å²) in [5.41, 5.74) is 4.04. The first-order chi connectivity index (χ1) is 15.5. The van der Waals surface area contributed by atoms with Gasteiger partial charge in [-0.3, -0.25) is 4.79 Å². The van der Waals surface area contributed by atoms with Crippen molar-refractivity contribution >= 4 is 51.4 Å². The van der Waals surface area contributed by atoms with Gasteiger partial charge in [0.2, 0.25) is 0 Å². The second-order valence-electron chi connectivity index (χ2n) is 8.40. The Morgan fingerprint density at radius 3 is 2.75 bits per heavy atom. The van der Waals surface area contributed by atoms with Crippen molar-refractivity contribution in [2.45, 2.75) is 38.0 Å². The number of aromatic nitrogens is 2. The summed E-state index contributed by atoms with van der Waals surface area (Å²) < 4.78 is 0. The Balaban J connectivity index is 1.34. The maximum absolute atomic E-state index is 12.0. The molecule has 0 saturated heterocycles. The van der Waals surface area contributed by atoms with Crippen molar-refractivity contribution in [1.82, 2.24) is 9.97 Å². The maximum atomic E-state index is 12.0. The standard InChI is InChI=1S/C25H22Cl2N2O2S/c26-19-6-4-17(13-20(19)27)23-24(15-2-3-15)32-22(29-23)8-5-18(25(30)31)12-14-1-7-21-16(11-14)9-10-28-21/h1,4,6-7,9-11,13,15,18,28H,2-3,5,8,12H2,(H,30,31). The van der Waals surface area contributed by atoms with Crippen LogP contribution in [0.25, 0.3) is 22.2 Å². The molecule has 4 aromatic rings. The van der Waals surface area contributed by atoms with E-state index in [-0.39, 0.29) is 0 Å². The molecule has 2 aromatic carbocycles. The number of halogens is 2. The van der Waals surface area contributed by atoms with Gasteiger partial charge >= 0.3 is 5.97 Å². The van der Waals surface area contributed by atoms with Crippen LogP contribution in [0.3, 0.4) is 0 Å². The Bertz CT molecular complexity index is 1290. The van der Waals surface area contributed by atoms with Crippen LogP contribution in [0, 0.1) is 5.92 Å². The van der Waals surface area contributed by atoms with Crippen LogP contribution in [0.15, 0.2) is 48.7 Å². The predicted molar refractivity (Wildman–Crippen MR) is 131 cm³/mol. The molecule has 1 aliphatic rings. The van der Waals surface area contributed by atoms with E-state index in [4.69, 9.17) is 28.2 Å². The molecule has 4 nitrogen and oxygen atoms in total. The summed E-state index contributed by atoms with van der Waals surface area (Å²) in [4.78, 5) is 21.3. The lowest BCUT2D eigenvalue weighted by molar-refractivity contribution is -0.141. The molecule has 1 saturated carbocycles. The Morgan fingerprint density at radius 1 is 1.16 bits per heavy atom. The van der Waals surface area contributed by atoms with Gasteiger partial charge in [0.25, 0.3) is 0 Å². The number of carboxylic acids is 1. The molecular formula is C25H22Cl2N2O2S. The molecule has 0 bridgehead atoms. The van der Waals surface area contributed by atoms with Crippen LogP contribution < -0.4 is 0 Å². The number of aryl methyl sites for hydroxylation is 1. The number of nitrogens with one attached hydrogen (secondary N) is 1. The number of carboxylic acid groups (broad SMARTS) is 1. The number of thiazole rings is 1. The number of aromatic amines is 1. The summed E-state index contributed by atoms with van der Waals surface area (Å²) in [5.74, 6) is -0.662. The first-order valence-electron chi connectivity index (χ1n) is 10.7. The highest BCUT2D eigenvalue weighted by Crippen LogP contribution is 2.48. The van der Waals surface area contributed by atoms with Crippen LogP contribution in [0.5, 0.6) is 0 Å². The van der Waals surface area contributed by atoms with Crippen LogP contribution in [0.1, 0.15) is 40.6 Å². The van der Waals surface area contributed by atoms with Crippen LogP contribution in [-0.2, 0) is 17.6 Å². The van der Waals surface area contributed by atoms with Crippen molar-refractivity contribution in [3.05, 3.63) is 74.2 Å². The lowest BCUT2D eigenvalue weighted by atomic mass is 9.94. The second kappa shape index (κ2) is 8.89. The van der Waals surface area contributed by atoms with Crippen molar-refractivity contribution in [1.29, 1.82) is 0 Å². The van der Waals surface area contributed by atoms with E-state index < -0.39 is 11.9 Å². The number of carbonyl (C=O) groups is 1. The van der Waals surface area contributed by atoms with E-state index in [9.17, 15) is 9.90 Å². The Labute approximate surface area is 200 Å². The van der Waals surface area contributed by atoms with Gasteiger partial charge in [-0.25, -0.2) is 4.98 Å². The normalized spacial score (nSPS) is 14.7. The third kappa shape index (κ3) is 4.56. The molecule has 1 unspecified atom stereocenters. The summed E-state index contributed by atoms with van der Waals surface area (Å²) in [6.07, 6.45) is 5.96. The van der Waals surface area contributed by atoms with E-state index in [2.05, 4.69) is 11.1 Å². The maximum Gasteiger partial charge on any atom is 0.306 e. The lowest BCUT2D eigenvalue weighted by Gasteiger charge is -2.12. The summed E-state index contributed by atoms with van der Waals surface area (Å²) in [7, 11) is 0. The SMILES string of the molecule is O=C(O)C(CCc1nc(-c2ccc(Cl)c(Cl)c2)c(C2CC2)s1)Cc1ccc2[nH]ccc2c1. The number of rotatable bonds is 8. The van der Waals surface area contributed by atoms with Gasteiger partial charge < -0.3 is 10.1 Å². The Morgan fingerprint density at radius 2 is 2.00 bits per heavy atom. The fourth-order valence-corrected chi connectivity index (χ4v) is 5.65. The average Bonchev–Trinajstić information content (AvgIpc) is 3.36. The van der Waals surface area contributed by atoms with Crippen molar-refractivity contribution in [3.63, 3.8) is 0 Å². The zero-order valence-corrected chi connectivity index (χ0v) is 19.6. The number of hydrogen-bond acceptors (Lipinski definition) is 3. The number of fused-ring (bicyclic) bond motifs is 1. The molecule has 0 radical (unpaired) electrons. The smallest absolute Gasteiger partial charge is 0.306 e. The largest absolute Gasteiger partial charge is 0.481 e. The van der Waals surface area contributed by atoms with E-state index in [1.165, 1.54) is 17.7 Å². The third-order valence-corrected chi connectivity index (χ3v) is 8.01. The summed E-state index contributed by atoms with van der Waals surface area (Å²) >= 11 is 14.0. The first-order valence-corrected chi connectivity index (χ1v) is 12.3. The summed E-state index contributed by atoms with van der Waals surface area (Å²) in [5, 5.41) is 13.0. The van der Waals surface area contributed by atoms with Gasteiger partial charge in [-0.2, -0.15) is 0 Å². The number of hydrogen-bond donors (Lipinski definition) is 2. The topological polar surface area (TPSA) is 66.0 Å². The number of nitrogens with zero attached hydrogens (tertiary/aromatic N) is 1. The molecule has 2 N–H and O–H groups in total. The van der Waals surface area contributed by atoms with Gasteiger partial charge in [0.1, 0.15) is 0 Å². The highest BCUT2D eigenvalue weighted by molar-refractivity contribution is 7.12. The highest BCUT2D eigenvalue weighted by atomic mass is 35.5. The van der Waals surface area contributed by atoms with Gasteiger partial charge in [0.05, 0.1) is 26.7 Å². The van der Waals surface area contributed by atoms with E-state index in [0.717, 1.165) is 32.7 Å². The van der Waals surface area contributed by atoms with E-state index in [1.807, 2.05) is 36.5 Å². The molecule has 5 rings (SSSR count). The van der Waals surface area contributed by atoms with Crippen LogP contribution in [0.4, 0.5) is 0 Å². The zero-order valence-electron chi connectivity index (χ0n) is 17.3.